The summed E-state index contributed by atoms with van der Waals surface area (Å²) >= 11 is 0. The third-order valence-corrected chi connectivity index (χ3v) is 3.90. The van der Waals surface area contributed by atoms with Gasteiger partial charge < -0.3 is 10.1 Å². The Hall–Kier alpha value is -1.66. The molecule has 6 heteroatoms. The van der Waals surface area contributed by atoms with Gasteiger partial charge in [0.15, 0.2) is 0 Å². The number of rotatable bonds is 7. The van der Waals surface area contributed by atoms with Gasteiger partial charge in [-0.1, -0.05) is 19.1 Å². The number of benzene rings is 1. The van der Waals surface area contributed by atoms with Crippen molar-refractivity contribution in [2.24, 2.45) is 0 Å². The Labute approximate surface area is 125 Å². The molecule has 0 saturated carbocycles. The minimum atomic E-state index is -0.342. The van der Waals surface area contributed by atoms with Gasteiger partial charge in [-0.2, -0.15) is 0 Å². The number of nitro benzene ring substituents is 1. The molecule has 1 aliphatic rings. The minimum absolute atomic E-state index is 0.128. The average molecular weight is 293 g/mol. The molecular formula is C15H23N3O3. The molecule has 2 rings (SSSR count). The summed E-state index contributed by atoms with van der Waals surface area (Å²) in [5, 5.41) is 14.1. The highest BCUT2D eigenvalue weighted by Crippen LogP contribution is 2.29. The van der Waals surface area contributed by atoms with Crippen LogP contribution in [0.4, 0.5) is 11.4 Å². The van der Waals surface area contributed by atoms with E-state index in [1.165, 1.54) is 6.07 Å². The van der Waals surface area contributed by atoms with Gasteiger partial charge in [-0.15, -0.1) is 0 Å². The maximum Gasteiger partial charge on any atom is 0.292 e. The first-order chi connectivity index (χ1) is 10.2. The van der Waals surface area contributed by atoms with E-state index in [0.717, 1.165) is 38.1 Å². The first-order valence-electron chi connectivity index (χ1n) is 7.43. The summed E-state index contributed by atoms with van der Waals surface area (Å²) < 4.78 is 5.68. The van der Waals surface area contributed by atoms with Crippen LogP contribution in [0, 0.1) is 10.1 Å². The number of para-hydroxylation sites is 1. The molecule has 1 fully saturated rings. The number of nitrogens with one attached hydrogen (secondary N) is 1. The molecule has 0 bridgehead atoms. The molecule has 1 aromatic rings. The Morgan fingerprint density at radius 2 is 2.33 bits per heavy atom. The summed E-state index contributed by atoms with van der Waals surface area (Å²) in [7, 11) is 1.72. The Bertz CT molecular complexity index is 487. The number of nitro groups is 1. The van der Waals surface area contributed by atoms with E-state index in [4.69, 9.17) is 4.74 Å². The first-order valence-corrected chi connectivity index (χ1v) is 7.43. The summed E-state index contributed by atoms with van der Waals surface area (Å²) in [5.41, 5.74) is 1.68. The molecule has 1 N–H and O–H groups in total. The van der Waals surface area contributed by atoms with Crippen molar-refractivity contribution in [3.8, 4) is 0 Å². The third-order valence-electron chi connectivity index (χ3n) is 3.90. The number of ether oxygens (including phenoxy) is 1. The van der Waals surface area contributed by atoms with Crippen molar-refractivity contribution < 1.29 is 9.66 Å². The van der Waals surface area contributed by atoms with Crippen molar-refractivity contribution >= 4 is 11.4 Å². The van der Waals surface area contributed by atoms with Gasteiger partial charge in [0.1, 0.15) is 5.69 Å². The Kier molecular flexibility index (Phi) is 5.52. The summed E-state index contributed by atoms with van der Waals surface area (Å²) in [5.74, 6) is 0. The summed E-state index contributed by atoms with van der Waals surface area (Å²) in [6.45, 7) is 5.41. The largest absolute Gasteiger partial charge is 0.382 e. The predicted molar refractivity (Wildman–Crippen MR) is 82.6 cm³/mol. The SMILES string of the molecule is CCN(Cc1cccc([N+](=O)[O-])c1NC)CC1CCCO1. The second kappa shape index (κ2) is 7.38. The maximum absolute atomic E-state index is 11.1. The minimum Gasteiger partial charge on any atom is -0.382 e. The van der Waals surface area contributed by atoms with Crippen LogP contribution in [0.2, 0.25) is 0 Å². The Balaban J connectivity index is 2.12. The van der Waals surface area contributed by atoms with E-state index in [1.807, 2.05) is 6.07 Å². The maximum atomic E-state index is 11.1. The standard InChI is InChI=1S/C15H23N3O3/c1-3-17(11-13-7-5-9-21-13)10-12-6-4-8-14(18(19)20)15(12)16-2/h4,6,8,13,16H,3,5,7,9-11H2,1-2H3. The van der Waals surface area contributed by atoms with E-state index in [1.54, 1.807) is 13.1 Å². The van der Waals surface area contributed by atoms with Crippen LogP contribution in [0.5, 0.6) is 0 Å². The van der Waals surface area contributed by atoms with Crippen molar-refractivity contribution in [2.45, 2.75) is 32.4 Å². The molecule has 1 unspecified atom stereocenters. The van der Waals surface area contributed by atoms with Crippen LogP contribution in [-0.4, -0.2) is 42.7 Å². The summed E-state index contributed by atoms with van der Waals surface area (Å²) in [4.78, 5) is 13.0. The molecule has 0 aromatic heterocycles. The van der Waals surface area contributed by atoms with E-state index in [2.05, 4.69) is 17.1 Å². The molecule has 1 aromatic carbocycles. The van der Waals surface area contributed by atoms with Crippen molar-refractivity contribution in [3.05, 3.63) is 33.9 Å². The molecule has 1 saturated heterocycles. The molecule has 0 spiro atoms. The van der Waals surface area contributed by atoms with Crippen LogP contribution in [0.1, 0.15) is 25.3 Å². The fraction of sp³-hybridized carbons (Fsp3) is 0.600. The fourth-order valence-electron chi connectivity index (χ4n) is 2.78. The van der Waals surface area contributed by atoms with Crippen molar-refractivity contribution in [3.63, 3.8) is 0 Å². The highest BCUT2D eigenvalue weighted by molar-refractivity contribution is 5.66. The lowest BCUT2D eigenvalue weighted by Gasteiger charge is -2.24. The van der Waals surface area contributed by atoms with E-state index >= 15 is 0 Å². The van der Waals surface area contributed by atoms with E-state index < -0.39 is 0 Å². The van der Waals surface area contributed by atoms with Gasteiger partial charge in [-0.3, -0.25) is 15.0 Å². The second-order valence-corrected chi connectivity index (χ2v) is 5.28. The van der Waals surface area contributed by atoms with Crippen LogP contribution >= 0.6 is 0 Å². The van der Waals surface area contributed by atoms with Crippen LogP contribution in [0.15, 0.2) is 18.2 Å². The van der Waals surface area contributed by atoms with Crippen LogP contribution in [-0.2, 0) is 11.3 Å². The van der Waals surface area contributed by atoms with Crippen molar-refractivity contribution in [1.82, 2.24) is 4.90 Å². The zero-order valence-electron chi connectivity index (χ0n) is 12.7. The third kappa shape index (κ3) is 3.92. The van der Waals surface area contributed by atoms with Gasteiger partial charge in [-0.25, -0.2) is 0 Å². The lowest BCUT2D eigenvalue weighted by molar-refractivity contribution is -0.384. The first kappa shape index (κ1) is 15.7. The summed E-state index contributed by atoms with van der Waals surface area (Å²) in [6, 6.07) is 5.22. The van der Waals surface area contributed by atoms with Gasteiger partial charge >= 0.3 is 0 Å². The molecule has 1 aliphatic heterocycles. The van der Waals surface area contributed by atoms with Crippen molar-refractivity contribution in [1.29, 1.82) is 0 Å². The second-order valence-electron chi connectivity index (χ2n) is 5.28. The molecular weight excluding hydrogens is 270 g/mol. The monoisotopic (exact) mass is 293 g/mol. The van der Waals surface area contributed by atoms with Gasteiger partial charge in [0.25, 0.3) is 5.69 Å². The molecule has 1 atom stereocenters. The van der Waals surface area contributed by atoms with Crippen LogP contribution in [0.3, 0.4) is 0 Å². The lowest BCUT2D eigenvalue weighted by Crippen LogP contribution is -2.31. The van der Waals surface area contributed by atoms with Crippen LogP contribution in [0.25, 0.3) is 0 Å². The van der Waals surface area contributed by atoms with Crippen molar-refractivity contribution in [2.75, 3.05) is 32.1 Å². The number of hydrogen-bond donors (Lipinski definition) is 1. The lowest BCUT2D eigenvalue weighted by atomic mass is 10.1. The van der Waals surface area contributed by atoms with E-state index in [0.29, 0.717) is 18.3 Å². The normalized spacial score (nSPS) is 18.1. The smallest absolute Gasteiger partial charge is 0.292 e. The van der Waals surface area contributed by atoms with E-state index in [9.17, 15) is 10.1 Å². The average Bonchev–Trinajstić information content (AvgIpc) is 2.99. The molecule has 21 heavy (non-hydrogen) atoms. The number of hydrogen-bond acceptors (Lipinski definition) is 5. The van der Waals surface area contributed by atoms with Gasteiger partial charge in [-0.05, 0) is 24.9 Å². The molecule has 6 nitrogen and oxygen atoms in total. The number of anilines is 1. The Morgan fingerprint density at radius 3 is 2.90 bits per heavy atom. The molecule has 1 heterocycles. The van der Waals surface area contributed by atoms with E-state index in [-0.39, 0.29) is 10.6 Å². The predicted octanol–water partition coefficient (Wildman–Crippen LogP) is 2.64. The highest BCUT2D eigenvalue weighted by atomic mass is 16.6. The Morgan fingerprint density at radius 1 is 1.52 bits per heavy atom. The quantitative estimate of drug-likeness (QED) is 0.618. The zero-order valence-corrected chi connectivity index (χ0v) is 12.7. The zero-order chi connectivity index (χ0) is 15.2. The van der Waals surface area contributed by atoms with Gasteiger partial charge in [0.05, 0.1) is 11.0 Å². The van der Waals surface area contributed by atoms with Gasteiger partial charge in [0, 0.05) is 32.8 Å². The highest BCUT2D eigenvalue weighted by Gasteiger charge is 2.21. The number of nitrogens with zero attached hydrogens (tertiary/aromatic N) is 2. The fourth-order valence-corrected chi connectivity index (χ4v) is 2.78. The topological polar surface area (TPSA) is 67.6 Å². The summed E-state index contributed by atoms with van der Waals surface area (Å²) in [6.07, 6.45) is 2.52. The molecule has 0 aliphatic carbocycles. The van der Waals surface area contributed by atoms with Gasteiger partial charge in [0.2, 0.25) is 0 Å². The number of likely N-dealkylation sites (N-methyl/N-ethyl adjacent to an activating group) is 1. The molecule has 0 radical (unpaired) electrons. The molecule has 116 valence electrons. The molecule has 0 amide bonds. The van der Waals surface area contributed by atoms with Crippen LogP contribution < -0.4 is 5.32 Å².